The van der Waals surface area contributed by atoms with E-state index in [-0.39, 0.29) is 10.8 Å². The van der Waals surface area contributed by atoms with Crippen LogP contribution in [0.3, 0.4) is 0 Å². The number of thioether (sulfide) groups is 1. The Morgan fingerprint density at radius 3 is 1.33 bits per heavy atom. The van der Waals surface area contributed by atoms with E-state index in [4.69, 9.17) is 0 Å². The van der Waals surface area contributed by atoms with Gasteiger partial charge in [0.1, 0.15) is 4.93 Å². The molecule has 0 amide bonds. The molecule has 3 heteroatoms. The fourth-order valence-electron chi connectivity index (χ4n) is 10.7. The second-order valence-electron chi connectivity index (χ2n) is 12.7. The zero-order valence-electron chi connectivity index (χ0n) is 16.7. The zero-order chi connectivity index (χ0) is 18.1. The Morgan fingerprint density at radius 1 is 0.556 bits per heavy atom. The molecule has 1 heterocycles. The Balaban J connectivity index is 1.22. The van der Waals surface area contributed by atoms with E-state index in [2.05, 4.69) is 0 Å². The van der Waals surface area contributed by atoms with Gasteiger partial charge in [-0.1, -0.05) is 0 Å². The summed E-state index contributed by atoms with van der Waals surface area (Å²) in [6.45, 7) is 0. The molecule has 8 aliphatic carbocycles. The van der Waals surface area contributed by atoms with E-state index in [9.17, 15) is 10.2 Å². The van der Waals surface area contributed by atoms with E-state index < -0.39 is 10.5 Å². The normalized spacial score (nSPS) is 66.0. The number of hydrogen-bond acceptors (Lipinski definition) is 3. The molecule has 2 atom stereocenters. The molecule has 0 spiro atoms. The number of rotatable bonds is 2. The molecule has 9 fully saturated rings. The summed E-state index contributed by atoms with van der Waals surface area (Å²) in [5.74, 6) is 6.03. The van der Waals surface area contributed by atoms with Crippen molar-refractivity contribution in [2.24, 2.45) is 46.3 Å². The minimum absolute atomic E-state index is 0.124. The van der Waals surface area contributed by atoms with Crippen LogP contribution in [0.15, 0.2) is 0 Å². The first kappa shape index (κ1) is 17.0. The smallest absolute Gasteiger partial charge is 0.119 e. The quantitative estimate of drug-likeness (QED) is 0.701. The summed E-state index contributed by atoms with van der Waals surface area (Å²) in [6.07, 6.45) is 16.8. The maximum atomic E-state index is 12.1. The van der Waals surface area contributed by atoms with E-state index >= 15 is 0 Å². The molecule has 9 aliphatic rings. The number of aliphatic hydroxyl groups is 2. The first-order valence-corrected chi connectivity index (χ1v) is 13.0. The summed E-state index contributed by atoms with van der Waals surface area (Å²) in [5, 5.41) is 24.2. The van der Waals surface area contributed by atoms with Gasteiger partial charge in [0.15, 0.2) is 0 Å². The summed E-state index contributed by atoms with van der Waals surface area (Å²) in [6, 6.07) is 0. The summed E-state index contributed by atoms with van der Waals surface area (Å²) in [5.41, 5.74) is -0.341. The third kappa shape index (κ3) is 2.13. The summed E-state index contributed by atoms with van der Waals surface area (Å²) in [7, 11) is 0. The Bertz CT molecular complexity index is 547. The van der Waals surface area contributed by atoms with Crippen LogP contribution >= 0.6 is 11.8 Å². The van der Waals surface area contributed by atoms with Gasteiger partial charge in [-0.25, -0.2) is 0 Å². The van der Waals surface area contributed by atoms with Crippen molar-refractivity contribution in [3.8, 4) is 0 Å². The van der Waals surface area contributed by atoms with Gasteiger partial charge in [-0.3, -0.25) is 0 Å². The highest BCUT2D eigenvalue weighted by atomic mass is 32.2. The average Bonchev–Trinajstić information content (AvgIpc) is 2.91. The van der Waals surface area contributed by atoms with E-state index in [1.807, 2.05) is 0 Å². The van der Waals surface area contributed by atoms with Gasteiger partial charge in [0, 0.05) is 23.0 Å². The van der Waals surface area contributed by atoms with Gasteiger partial charge in [0.2, 0.25) is 0 Å². The molecule has 150 valence electrons. The molecule has 8 saturated carbocycles. The second-order valence-corrected chi connectivity index (χ2v) is 13.9. The van der Waals surface area contributed by atoms with Crippen molar-refractivity contribution < 1.29 is 10.2 Å². The summed E-state index contributed by atoms with van der Waals surface area (Å²) < 4.78 is 0. The van der Waals surface area contributed by atoms with Gasteiger partial charge in [-0.2, -0.15) is 0 Å². The van der Waals surface area contributed by atoms with Crippen LogP contribution in [-0.2, 0) is 0 Å². The van der Waals surface area contributed by atoms with Gasteiger partial charge in [0.25, 0.3) is 0 Å². The van der Waals surface area contributed by atoms with Crippen LogP contribution in [0.4, 0.5) is 0 Å². The maximum Gasteiger partial charge on any atom is 0.119 e. The molecular formula is C24H36O2S. The zero-order valence-corrected chi connectivity index (χ0v) is 17.5. The highest BCUT2D eigenvalue weighted by Crippen LogP contribution is 2.72. The van der Waals surface area contributed by atoms with Gasteiger partial charge in [-0.15, -0.1) is 11.8 Å². The predicted molar refractivity (Wildman–Crippen MR) is 108 cm³/mol. The van der Waals surface area contributed by atoms with Gasteiger partial charge in [0.05, 0.1) is 5.60 Å². The second kappa shape index (κ2) is 5.11. The highest BCUT2D eigenvalue weighted by molar-refractivity contribution is 8.00. The lowest BCUT2D eigenvalue weighted by atomic mass is 9.43. The van der Waals surface area contributed by atoms with Crippen LogP contribution in [0, 0.1) is 46.3 Å². The maximum absolute atomic E-state index is 12.1. The Morgan fingerprint density at radius 2 is 0.926 bits per heavy atom. The van der Waals surface area contributed by atoms with Crippen LogP contribution in [0.1, 0.15) is 83.5 Å². The molecule has 9 rings (SSSR count). The molecule has 0 aromatic carbocycles. The number of hydrogen-bond donors (Lipinski definition) is 2. The van der Waals surface area contributed by atoms with Crippen molar-refractivity contribution in [3.63, 3.8) is 0 Å². The minimum Gasteiger partial charge on any atom is -0.388 e. The van der Waals surface area contributed by atoms with Crippen LogP contribution in [0.25, 0.3) is 0 Å². The summed E-state index contributed by atoms with van der Waals surface area (Å²) >= 11 is 1.79. The van der Waals surface area contributed by atoms with Crippen LogP contribution < -0.4 is 0 Å². The predicted octanol–water partition coefficient (Wildman–Crippen LogP) is 4.98. The lowest BCUT2D eigenvalue weighted by Crippen LogP contribution is -2.61. The van der Waals surface area contributed by atoms with Gasteiger partial charge in [-0.05, 0) is 113 Å². The lowest BCUT2D eigenvalue weighted by Gasteiger charge is -2.63. The van der Waals surface area contributed by atoms with E-state index in [0.717, 1.165) is 41.3 Å². The molecular weight excluding hydrogens is 352 g/mol. The molecule has 27 heavy (non-hydrogen) atoms. The van der Waals surface area contributed by atoms with Crippen molar-refractivity contribution >= 4 is 11.8 Å². The Hall–Kier alpha value is 0.270. The molecule has 0 aromatic rings. The largest absolute Gasteiger partial charge is 0.388 e. The van der Waals surface area contributed by atoms with Crippen molar-refractivity contribution in [1.29, 1.82) is 0 Å². The third-order valence-electron chi connectivity index (χ3n) is 11.0. The van der Waals surface area contributed by atoms with Crippen LogP contribution in [-0.4, -0.2) is 26.5 Å². The fourth-order valence-corrected chi connectivity index (χ4v) is 12.5. The topological polar surface area (TPSA) is 40.5 Å². The Kier molecular flexibility index (Phi) is 3.22. The van der Waals surface area contributed by atoms with E-state index in [0.29, 0.717) is 6.42 Å². The van der Waals surface area contributed by atoms with Gasteiger partial charge < -0.3 is 10.2 Å². The fraction of sp³-hybridized carbons (Fsp3) is 1.00. The summed E-state index contributed by atoms with van der Waals surface area (Å²) in [4.78, 5) is -0.652. The Labute approximate surface area is 168 Å². The minimum atomic E-state index is -0.652. The molecule has 0 aromatic heterocycles. The molecule has 2 N–H and O–H groups in total. The SMILES string of the molecule is OC1(C23CC4CC(CC(C4)C2)C3)CSC(O)(C23CC4CC(CC(C4)C2)C3)C1. The molecule has 1 saturated heterocycles. The van der Waals surface area contributed by atoms with Crippen molar-refractivity contribution in [1.82, 2.24) is 0 Å². The van der Waals surface area contributed by atoms with E-state index in [1.165, 1.54) is 77.0 Å². The van der Waals surface area contributed by atoms with E-state index in [1.54, 1.807) is 11.8 Å². The van der Waals surface area contributed by atoms with Crippen molar-refractivity contribution in [2.75, 3.05) is 5.75 Å². The van der Waals surface area contributed by atoms with Crippen LogP contribution in [0.5, 0.6) is 0 Å². The lowest BCUT2D eigenvalue weighted by molar-refractivity contribution is -0.199. The standard InChI is InChI=1S/C24H36O2S/c25-23(21-7-15-1-16(8-21)3-17(2-15)9-21)13-24(26,27-14-23)22-10-18-4-19(11-22)6-20(5-18)12-22/h15-20,25-26H,1-14H2. The van der Waals surface area contributed by atoms with Crippen molar-refractivity contribution in [3.05, 3.63) is 0 Å². The third-order valence-corrected chi connectivity index (χ3v) is 12.7. The first-order chi connectivity index (χ1) is 12.9. The first-order valence-electron chi connectivity index (χ1n) is 12.0. The van der Waals surface area contributed by atoms with Gasteiger partial charge >= 0.3 is 0 Å². The highest BCUT2D eigenvalue weighted by Gasteiger charge is 2.69. The molecule has 2 nitrogen and oxygen atoms in total. The molecule has 2 unspecified atom stereocenters. The van der Waals surface area contributed by atoms with Crippen molar-refractivity contribution in [2.45, 2.75) is 94.0 Å². The average molecular weight is 389 g/mol. The van der Waals surface area contributed by atoms with Crippen LogP contribution in [0.2, 0.25) is 0 Å². The molecule has 1 aliphatic heterocycles. The molecule has 0 radical (unpaired) electrons. The molecule has 8 bridgehead atoms. The monoisotopic (exact) mass is 388 g/mol.